The van der Waals surface area contributed by atoms with Crippen molar-refractivity contribution in [3.05, 3.63) is 35.7 Å². The molecular weight excluding hydrogens is 376 g/mol. The second-order valence-electron chi connectivity index (χ2n) is 7.31. The normalized spacial score (nSPS) is 16.5. The molecule has 1 saturated heterocycles. The van der Waals surface area contributed by atoms with E-state index >= 15 is 0 Å². The Morgan fingerprint density at radius 2 is 1.89 bits per heavy atom. The van der Waals surface area contributed by atoms with Gasteiger partial charge >= 0.3 is 0 Å². The van der Waals surface area contributed by atoms with Crippen LogP contribution in [0.2, 0.25) is 0 Å². The molecule has 1 fully saturated rings. The van der Waals surface area contributed by atoms with Crippen molar-refractivity contribution in [2.24, 2.45) is 0 Å². The molecule has 1 aliphatic rings. The van der Waals surface area contributed by atoms with Gasteiger partial charge in [-0.1, -0.05) is 6.92 Å². The zero-order chi connectivity index (χ0) is 20.3. The number of pyridine rings is 1. The van der Waals surface area contributed by atoms with Crippen molar-refractivity contribution in [1.82, 2.24) is 18.8 Å². The van der Waals surface area contributed by atoms with Gasteiger partial charge in [0, 0.05) is 32.4 Å². The van der Waals surface area contributed by atoms with Gasteiger partial charge in [0.1, 0.15) is 0 Å². The molecule has 0 radical (unpaired) electrons. The van der Waals surface area contributed by atoms with E-state index in [0.717, 1.165) is 23.9 Å². The van der Waals surface area contributed by atoms with Gasteiger partial charge in [-0.25, -0.2) is 17.2 Å². The molecular formula is C20H30N4O3S. The Kier molecular flexibility index (Phi) is 6.40. The average molecular weight is 407 g/mol. The summed E-state index contributed by atoms with van der Waals surface area (Å²) >= 11 is 0. The number of hydrogen-bond donors (Lipinski definition) is 0. The van der Waals surface area contributed by atoms with Crippen molar-refractivity contribution >= 4 is 21.4 Å². The zero-order valence-electron chi connectivity index (χ0n) is 17.0. The number of carbonyl (C=O) groups is 1. The van der Waals surface area contributed by atoms with Crippen LogP contribution < -0.4 is 0 Å². The quantitative estimate of drug-likeness (QED) is 0.709. The van der Waals surface area contributed by atoms with Gasteiger partial charge in [0.05, 0.1) is 23.0 Å². The molecule has 154 valence electrons. The molecule has 1 amide bonds. The molecule has 0 saturated carbocycles. The van der Waals surface area contributed by atoms with Gasteiger partial charge in [-0.15, -0.1) is 0 Å². The standard InChI is InChI=1S/C20H30N4O3S/c1-4-13-28(26,27)23-10-7-16(8-11-23)17-9-12-24-19(14-17)18(15-21-24)20(25)22(5-2)6-3/h9,12,14-16H,4-8,10-11,13H2,1-3H3. The van der Waals surface area contributed by atoms with Crippen molar-refractivity contribution < 1.29 is 13.2 Å². The van der Waals surface area contributed by atoms with E-state index in [4.69, 9.17) is 0 Å². The summed E-state index contributed by atoms with van der Waals surface area (Å²) in [4.78, 5) is 14.6. The first kappa shape index (κ1) is 20.8. The summed E-state index contributed by atoms with van der Waals surface area (Å²) in [6.07, 6.45) is 5.77. The predicted molar refractivity (Wildman–Crippen MR) is 110 cm³/mol. The highest BCUT2D eigenvalue weighted by molar-refractivity contribution is 7.89. The lowest BCUT2D eigenvalue weighted by Gasteiger charge is -2.31. The third kappa shape index (κ3) is 4.07. The molecule has 0 aromatic carbocycles. The number of sulfonamides is 1. The molecule has 2 aromatic heterocycles. The van der Waals surface area contributed by atoms with E-state index in [2.05, 4.69) is 5.10 Å². The predicted octanol–water partition coefficient (Wildman–Crippen LogP) is 2.74. The third-order valence-electron chi connectivity index (χ3n) is 5.61. The molecule has 7 nitrogen and oxygen atoms in total. The lowest BCUT2D eigenvalue weighted by molar-refractivity contribution is 0.0775. The fourth-order valence-corrected chi connectivity index (χ4v) is 5.49. The Balaban J connectivity index is 1.80. The zero-order valence-corrected chi connectivity index (χ0v) is 17.8. The van der Waals surface area contributed by atoms with Gasteiger partial charge in [-0.2, -0.15) is 5.10 Å². The molecule has 28 heavy (non-hydrogen) atoms. The molecule has 0 unspecified atom stereocenters. The molecule has 0 bridgehead atoms. The molecule has 8 heteroatoms. The molecule has 3 heterocycles. The summed E-state index contributed by atoms with van der Waals surface area (Å²) < 4.78 is 27.9. The van der Waals surface area contributed by atoms with Gasteiger partial charge in [-0.05, 0) is 56.7 Å². The highest BCUT2D eigenvalue weighted by atomic mass is 32.2. The maximum atomic E-state index is 12.8. The number of fused-ring (bicyclic) bond motifs is 1. The summed E-state index contributed by atoms with van der Waals surface area (Å²) in [6, 6.07) is 4.08. The number of rotatable bonds is 7. The van der Waals surface area contributed by atoms with Crippen LogP contribution in [0.15, 0.2) is 24.5 Å². The lowest BCUT2D eigenvalue weighted by Crippen LogP contribution is -2.39. The summed E-state index contributed by atoms with van der Waals surface area (Å²) in [5.41, 5.74) is 2.58. The smallest absolute Gasteiger partial charge is 0.257 e. The van der Waals surface area contributed by atoms with E-state index in [1.165, 1.54) is 0 Å². The fraction of sp³-hybridized carbons (Fsp3) is 0.600. The van der Waals surface area contributed by atoms with E-state index in [-0.39, 0.29) is 11.7 Å². The van der Waals surface area contributed by atoms with Crippen molar-refractivity contribution in [3.63, 3.8) is 0 Å². The van der Waals surface area contributed by atoms with Crippen molar-refractivity contribution in [1.29, 1.82) is 0 Å². The van der Waals surface area contributed by atoms with Gasteiger partial charge in [-0.3, -0.25) is 4.79 Å². The van der Waals surface area contributed by atoms with Crippen LogP contribution in [0.5, 0.6) is 0 Å². The van der Waals surface area contributed by atoms with Crippen LogP contribution in [-0.4, -0.2) is 65.1 Å². The average Bonchev–Trinajstić information content (AvgIpc) is 3.12. The first-order valence-corrected chi connectivity index (χ1v) is 11.8. The van der Waals surface area contributed by atoms with Crippen molar-refractivity contribution in [3.8, 4) is 0 Å². The molecule has 0 spiro atoms. The lowest BCUT2D eigenvalue weighted by atomic mass is 9.90. The van der Waals surface area contributed by atoms with E-state index < -0.39 is 10.0 Å². The summed E-state index contributed by atoms with van der Waals surface area (Å²) in [5, 5.41) is 4.32. The molecule has 0 aliphatic carbocycles. The molecule has 3 rings (SSSR count). The molecule has 2 aromatic rings. The van der Waals surface area contributed by atoms with Crippen molar-refractivity contribution in [2.45, 2.75) is 46.0 Å². The second-order valence-corrected chi connectivity index (χ2v) is 9.40. The van der Waals surface area contributed by atoms with Gasteiger partial charge < -0.3 is 4.90 Å². The highest BCUT2D eigenvalue weighted by Crippen LogP contribution is 2.30. The number of nitrogens with zero attached hydrogens (tertiary/aromatic N) is 4. The molecule has 0 N–H and O–H groups in total. The minimum Gasteiger partial charge on any atom is -0.339 e. The van der Waals surface area contributed by atoms with Crippen LogP contribution in [0.3, 0.4) is 0 Å². The monoisotopic (exact) mass is 406 g/mol. The second kappa shape index (κ2) is 8.61. The minimum atomic E-state index is -3.13. The first-order valence-electron chi connectivity index (χ1n) is 10.2. The van der Waals surface area contributed by atoms with E-state index in [0.29, 0.717) is 44.1 Å². The minimum absolute atomic E-state index is 0.00220. The Morgan fingerprint density at radius 3 is 2.50 bits per heavy atom. The number of carbonyl (C=O) groups excluding carboxylic acids is 1. The maximum Gasteiger partial charge on any atom is 0.257 e. The number of amides is 1. The van der Waals surface area contributed by atoms with Gasteiger partial charge in [0.15, 0.2) is 0 Å². The maximum absolute atomic E-state index is 12.8. The van der Waals surface area contributed by atoms with Crippen LogP contribution in [0, 0.1) is 0 Å². The number of aromatic nitrogens is 2. The van der Waals surface area contributed by atoms with Gasteiger partial charge in [0.2, 0.25) is 10.0 Å². The third-order valence-corrected chi connectivity index (χ3v) is 7.68. The molecule has 1 aliphatic heterocycles. The fourth-order valence-electron chi connectivity index (χ4n) is 3.95. The SMILES string of the molecule is CCCS(=O)(=O)N1CCC(c2ccn3ncc(C(=O)N(CC)CC)c3c2)CC1. The Morgan fingerprint density at radius 1 is 1.21 bits per heavy atom. The van der Waals surface area contributed by atoms with E-state index in [1.807, 2.05) is 39.1 Å². The van der Waals surface area contributed by atoms with Crippen LogP contribution >= 0.6 is 0 Å². The Bertz CT molecular complexity index is 926. The van der Waals surface area contributed by atoms with E-state index in [1.54, 1.807) is 19.9 Å². The van der Waals surface area contributed by atoms with E-state index in [9.17, 15) is 13.2 Å². The van der Waals surface area contributed by atoms with Gasteiger partial charge in [0.25, 0.3) is 5.91 Å². The number of piperidine rings is 1. The highest BCUT2D eigenvalue weighted by Gasteiger charge is 2.28. The van der Waals surface area contributed by atoms with Crippen LogP contribution in [0.1, 0.15) is 61.9 Å². The largest absolute Gasteiger partial charge is 0.339 e. The summed E-state index contributed by atoms with van der Waals surface area (Å²) in [5.74, 6) is 0.512. The van der Waals surface area contributed by atoms with Crippen molar-refractivity contribution in [2.75, 3.05) is 31.9 Å². The van der Waals surface area contributed by atoms with Crippen LogP contribution in [0.25, 0.3) is 5.52 Å². The summed E-state index contributed by atoms with van der Waals surface area (Å²) in [6.45, 7) is 8.28. The van der Waals surface area contributed by atoms with Crippen LogP contribution in [-0.2, 0) is 10.0 Å². The Labute approximate surface area is 167 Å². The topological polar surface area (TPSA) is 75.0 Å². The first-order chi connectivity index (χ1) is 13.4. The summed E-state index contributed by atoms with van der Waals surface area (Å²) in [7, 11) is -3.13. The molecule has 0 atom stereocenters. The Hall–Kier alpha value is -1.93. The number of hydrogen-bond acceptors (Lipinski definition) is 4. The van der Waals surface area contributed by atoms with Crippen LogP contribution in [0.4, 0.5) is 0 Å².